The van der Waals surface area contributed by atoms with E-state index in [9.17, 15) is 4.79 Å². The maximum atomic E-state index is 11.5. The molecule has 0 aliphatic carbocycles. The monoisotopic (exact) mass is 203 g/mol. The minimum atomic E-state index is -0.903. The smallest absolute Gasteiger partial charge is 0.328 e. The molecule has 2 atom stereocenters. The molecule has 2 N–H and O–H groups in total. The van der Waals surface area contributed by atoms with Gasteiger partial charge in [0, 0.05) is 6.61 Å². The number of carbonyl (C=O) groups is 1. The van der Waals surface area contributed by atoms with E-state index in [1.807, 2.05) is 13.8 Å². The van der Waals surface area contributed by atoms with Crippen molar-refractivity contribution in [2.75, 3.05) is 6.61 Å². The molecule has 4 nitrogen and oxygen atoms in total. The number of hydrogen-bond acceptors (Lipinski definition) is 4. The van der Waals surface area contributed by atoms with Gasteiger partial charge in [-0.05, 0) is 27.2 Å². The van der Waals surface area contributed by atoms with Crippen LogP contribution >= 0.6 is 0 Å². The summed E-state index contributed by atoms with van der Waals surface area (Å²) in [5.74, 6) is -0.402. The van der Waals surface area contributed by atoms with Gasteiger partial charge in [-0.2, -0.15) is 0 Å². The molecular formula is C10H21NO3. The number of esters is 1. The van der Waals surface area contributed by atoms with Crippen molar-refractivity contribution in [3.05, 3.63) is 0 Å². The Morgan fingerprint density at radius 3 is 2.50 bits per heavy atom. The third-order valence-electron chi connectivity index (χ3n) is 1.91. The van der Waals surface area contributed by atoms with Crippen LogP contribution in [0.5, 0.6) is 0 Å². The molecule has 0 rings (SSSR count). The van der Waals surface area contributed by atoms with Crippen molar-refractivity contribution in [2.24, 2.45) is 5.73 Å². The van der Waals surface area contributed by atoms with Crippen LogP contribution in [0.2, 0.25) is 0 Å². The molecule has 0 bridgehead atoms. The summed E-state index contributed by atoms with van der Waals surface area (Å²) in [4.78, 5) is 11.5. The lowest BCUT2D eigenvalue weighted by molar-refractivity contribution is -0.179. The van der Waals surface area contributed by atoms with Crippen LogP contribution in [0.15, 0.2) is 0 Å². The van der Waals surface area contributed by atoms with Gasteiger partial charge in [-0.15, -0.1) is 0 Å². The fourth-order valence-electron chi connectivity index (χ4n) is 1.18. The highest BCUT2D eigenvalue weighted by Crippen LogP contribution is 2.12. The van der Waals surface area contributed by atoms with Crippen LogP contribution in [0.25, 0.3) is 0 Å². The van der Waals surface area contributed by atoms with E-state index in [0.717, 1.165) is 6.42 Å². The van der Waals surface area contributed by atoms with Crippen LogP contribution in [0.4, 0.5) is 0 Å². The van der Waals surface area contributed by atoms with E-state index >= 15 is 0 Å². The summed E-state index contributed by atoms with van der Waals surface area (Å²) >= 11 is 0. The summed E-state index contributed by atoms with van der Waals surface area (Å²) in [5.41, 5.74) is 4.88. The quantitative estimate of drug-likeness (QED) is 0.524. The lowest BCUT2D eigenvalue weighted by Crippen LogP contribution is -2.47. The van der Waals surface area contributed by atoms with Crippen molar-refractivity contribution in [3.63, 3.8) is 0 Å². The van der Waals surface area contributed by atoms with Crippen LogP contribution in [0, 0.1) is 0 Å². The molecule has 0 saturated carbocycles. The van der Waals surface area contributed by atoms with E-state index in [2.05, 4.69) is 0 Å². The molecule has 0 radical (unpaired) electrons. The van der Waals surface area contributed by atoms with Crippen molar-refractivity contribution in [1.82, 2.24) is 0 Å². The first kappa shape index (κ1) is 13.4. The maximum Gasteiger partial charge on any atom is 0.328 e. The first-order valence-corrected chi connectivity index (χ1v) is 5.05. The minimum Gasteiger partial charge on any atom is -0.435 e. The van der Waals surface area contributed by atoms with E-state index in [1.54, 1.807) is 13.8 Å². The molecule has 0 saturated heterocycles. The summed E-state index contributed by atoms with van der Waals surface area (Å²) in [5, 5.41) is 0. The van der Waals surface area contributed by atoms with Crippen LogP contribution < -0.4 is 5.73 Å². The summed E-state index contributed by atoms with van der Waals surface area (Å²) in [6, 6.07) is 0. The Morgan fingerprint density at radius 1 is 1.50 bits per heavy atom. The molecule has 14 heavy (non-hydrogen) atoms. The molecule has 0 fully saturated rings. The SMILES string of the molecule is CCCC(C)(N)C(=O)OC(C)OCC. The molecule has 0 aromatic heterocycles. The average molecular weight is 203 g/mol. The Bertz CT molecular complexity index is 180. The van der Waals surface area contributed by atoms with Crippen molar-refractivity contribution >= 4 is 5.97 Å². The summed E-state index contributed by atoms with van der Waals surface area (Å²) in [6.07, 6.45) is 0.947. The zero-order chi connectivity index (χ0) is 11.2. The van der Waals surface area contributed by atoms with E-state index < -0.39 is 17.8 Å². The van der Waals surface area contributed by atoms with Crippen LogP contribution in [0.1, 0.15) is 40.5 Å². The Kier molecular flexibility index (Phi) is 5.72. The standard InChI is InChI=1S/C10H21NO3/c1-5-7-10(4,11)9(12)14-8(3)13-6-2/h8H,5-7,11H2,1-4H3. The van der Waals surface area contributed by atoms with E-state index in [0.29, 0.717) is 13.0 Å². The second-order valence-corrected chi connectivity index (χ2v) is 3.60. The van der Waals surface area contributed by atoms with Crippen LogP contribution in [-0.4, -0.2) is 24.4 Å². The van der Waals surface area contributed by atoms with Gasteiger partial charge in [-0.1, -0.05) is 13.3 Å². The highest BCUT2D eigenvalue weighted by molar-refractivity contribution is 5.80. The zero-order valence-electron chi connectivity index (χ0n) is 9.50. The van der Waals surface area contributed by atoms with Gasteiger partial charge in [0.25, 0.3) is 0 Å². The highest BCUT2D eigenvalue weighted by Gasteiger charge is 2.30. The Balaban J connectivity index is 4.05. The molecule has 0 amide bonds. The molecule has 0 heterocycles. The van der Waals surface area contributed by atoms with Crippen molar-refractivity contribution in [3.8, 4) is 0 Å². The first-order chi connectivity index (χ1) is 6.44. The molecule has 4 heteroatoms. The van der Waals surface area contributed by atoms with Gasteiger partial charge in [0.2, 0.25) is 0 Å². The van der Waals surface area contributed by atoms with Crippen LogP contribution in [-0.2, 0) is 14.3 Å². The second kappa shape index (κ2) is 5.98. The van der Waals surface area contributed by atoms with Gasteiger partial charge >= 0.3 is 5.97 Å². The van der Waals surface area contributed by atoms with Gasteiger partial charge in [0.05, 0.1) is 0 Å². The third kappa shape index (κ3) is 4.58. The third-order valence-corrected chi connectivity index (χ3v) is 1.91. The predicted molar refractivity (Wildman–Crippen MR) is 54.7 cm³/mol. The van der Waals surface area contributed by atoms with E-state index in [4.69, 9.17) is 15.2 Å². The van der Waals surface area contributed by atoms with E-state index in [1.165, 1.54) is 0 Å². The molecule has 0 aliphatic heterocycles. The largest absolute Gasteiger partial charge is 0.435 e. The summed E-state index contributed by atoms with van der Waals surface area (Å²) < 4.78 is 10.1. The van der Waals surface area contributed by atoms with Gasteiger partial charge in [-0.3, -0.25) is 0 Å². The summed E-state index contributed by atoms with van der Waals surface area (Å²) in [6.45, 7) is 7.70. The number of carbonyl (C=O) groups excluding carboxylic acids is 1. The second-order valence-electron chi connectivity index (χ2n) is 3.60. The van der Waals surface area contributed by atoms with Crippen LogP contribution in [0.3, 0.4) is 0 Å². The number of hydrogen-bond donors (Lipinski definition) is 1. The Labute approximate surface area is 85.8 Å². The van der Waals surface area contributed by atoms with Gasteiger partial charge in [0.1, 0.15) is 5.54 Å². The molecule has 0 aliphatic rings. The predicted octanol–water partition coefficient (Wildman–Crippen LogP) is 1.43. The van der Waals surface area contributed by atoms with E-state index in [-0.39, 0.29) is 0 Å². The molecular weight excluding hydrogens is 182 g/mol. The fourth-order valence-corrected chi connectivity index (χ4v) is 1.18. The lowest BCUT2D eigenvalue weighted by Gasteiger charge is -2.24. The Morgan fingerprint density at radius 2 is 2.07 bits per heavy atom. The van der Waals surface area contributed by atoms with Gasteiger partial charge < -0.3 is 15.2 Å². The normalized spacial score (nSPS) is 17.2. The molecule has 84 valence electrons. The Hall–Kier alpha value is -0.610. The minimum absolute atomic E-state index is 0.402. The highest BCUT2D eigenvalue weighted by atomic mass is 16.7. The zero-order valence-corrected chi connectivity index (χ0v) is 9.50. The maximum absolute atomic E-state index is 11.5. The lowest BCUT2D eigenvalue weighted by atomic mass is 9.98. The molecule has 0 aromatic carbocycles. The number of nitrogens with two attached hydrogens (primary N) is 1. The molecule has 0 aromatic rings. The molecule has 0 spiro atoms. The number of ether oxygens (including phenoxy) is 2. The van der Waals surface area contributed by atoms with Gasteiger partial charge in [0.15, 0.2) is 6.29 Å². The topological polar surface area (TPSA) is 61.6 Å². The first-order valence-electron chi connectivity index (χ1n) is 5.05. The van der Waals surface area contributed by atoms with Crippen molar-refractivity contribution < 1.29 is 14.3 Å². The van der Waals surface area contributed by atoms with Gasteiger partial charge in [-0.25, -0.2) is 4.79 Å². The van der Waals surface area contributed by atoms with Crippen molar-refractivity contribution in [1.29, 1.82) is 0 Å². The number of rotatable bonds is 6. The average Bonchev–Trinajstić information content (AvgIpc) is 2.04. The summed E-state index contributed by atoms with van der Waals surface area (Å²) in [7, 11) is 0. The van der Waals surface area contributed by atoms with Crippen molar-refractivity contribution in [2.45, 2.75) is 52.4 Å². The molecule has 2 unspecified atom stereocenters. The fraction of sp³-hybridized carbons (Fsp3) is 0.900.